The Hall–Kier alpha value is -4.90. The molecule has 0 atom stereocenters. The van der Waals surface area contributed by atoms with Crippen molar-refractivity contribution in [1.82, 2.24) is 19.5 Å². The molecule has 0 saturated carbocycles. The number of amides is 3. The molecule has 0 radical (unpaired) electrons. The Kier molecular flexibility index (Phi) is 10.7. The van der Waals surface area contributed by atoms with Gasteiger partial charge in [0, 0.05) is 55.3 Å². The molecule has 0 aliphatic heterocycles. The molecule has 1 aromatic heterocycles. The van der Waals surface area contributed by atoms with Crippen molar-refractivity contribution < 1.29 is 27.5 Å². The smallest absolute Gasteiger partial charge is 0.265 e. The van der Waals surface area contributed by atoms with Crippen molar-refractivity contribution >= 4 is 44.7 Å². The summed E-state index contributed by atoms with van der Waals surface area (Å²) in [6.07, 6.45) is 5.00. The highest BCUT2D eigenvalue weighted by Crippen LogP contribution is 2.30. The zero-order chi connectivity index (χ0) is 33.6. The largest absolute Gasteiger partial charge is 0.496 e. The van der Waals surface area contributed by atoms with Crippen molar-refractivity contribution in [3.63, 3.8) is 0 Å². The van der Waals surface area contributed by atoms with Gasteiger partial charge < -0.3 is 19.5 Å². The molecule has 0 aliphatic rings. The van der Waals surface area contributed by atoms with Crippen LogP contribution in [0.1, 0.15) is 52.9 Å². The van der Waals surface area contributed by atoms with E-state index in [1.165, 1.54) is 24.1 Å². The highest BCUT2D eigenvalue weighted by atomic mass is 32.2. The highest BCUT2D eigenvalue weighted by molar-refractivity contribution is 7.90. The van der Waals surface area contributed by atoms with E-state index in [9.17, 15) is 22.8 Å². The highest BCUT2D eigenvalue weighted by Gasteiger charge is 2.22. The molecule has 0 bridgehead atoms. The third-order valence-corrected chi connectivity index (χ3v) is 9.10. The van der Waals surface area contributed by atoms with E-state index in [2.05, 4.69) is 10.0 Å². The van der Waals surface area contributed by atoms with Gasteiger partial charge in [-0.15, -0.1) is 0 Å². The Morgan fingerprint density at radius 1 is 1.00 bits per heavy atom. The fourth-order valence-electron chi connectivity index (χ4n) is 5.06. The maximum absolute atomic E-state index is 13.0. The summed E-state index contributed by atoms with van der Waals surface area (Å²) in [5.41, 5.74) is 4.58. The van der Waals surface area contributed by atoms with Crippen LogP contribution in [0.5, 0.6) is 5.75 Å². The molecule has 46 heavy (non-hydrogen) atoms. The molecule has 0 saturated heterocycles. The summed E-state index contributed by atoms with van der Waals surface area (Å²) in [5, 5.41) is 3.79. The summed E-state index contributed by atoms with van der Waals surface area (Å²) in [4.78, 5) is 39.7. The normalized spacial score (nSPS) is 11.7. The van der Waals surface area contributed by atoms with Crippen LogP contribution in [-0.4, -0.2) is 63.4 Å². The molecule has 0 fully saturated rings. The molecule has 0 aliphatic carbocycles. The minimum Gasteiger partial charge on any atom is -0.496 e. The van der Waals surface area contributed by atoms with Crippen molar-refractivity contribution in [1.29, 1.82) is 0 Å². The van der Waals surface area contributed by atoms with Crippen LogP contribution in [-0.2, 0) is 32.6 Å². The average Bonchev–Trinajstić information content (AvgIpc) is 3.35. The van der Waals surface area contributed by atoms with Gasteiger partial charge in [-0.1, -0.05) is 37.3 Å². The lowest BCUT2D eigenvalue weighted by molar-refractivity contribution is -0.129. The van der Waals surface area contributed by atoms with Crippen LogP contribution in [0, 0.1) is 6.92 Å². The summed E-state index contributed by atoms with van der Waals surface area (Å²) < 4.78 is 35.5. The number of rotatable bonds is 12. The Morgan fingerprint density at radius 2 is 1.74 bits per heavy atom. The van der Waals surface area contributed by atoms with Crippen LogP contribution in [0.3, 0.4) is 0 Å². The summed E-state index contributed by atoms with van der Waals surface area (Å²) in [7, 11) is 0.818. The zero-order valence-electron chi connectivity index (χ0n) is 27.0. The molecule has 2 N–H and O–H groups in total. The molecule has 10 nitrogen and oxygen atoms in total. The lowest BCUT2D eigenvalue weighted by atomic mass is 10.00. The molecular weight excluding hydrogens is 604 g/mol. The summed E-state index contributed by atoms with van der Waals surface area (Å²) in [6.45, 7) is 6.17. The molecule has 0 unspecified atom stereocenters. The van der Waals surface area contributed by atoms with E-state index in [0.29, 0.717) is 29.9 Å². The lowest BCUT2D eigenvalue weighted by Gasteiger charge is -2.12. The number of nitrogens with zero attached hydrogens (tertiary/aromatic N) is 2. The van der Waals surface area contributed by atoms with E-state index in [1.807, 2.05) is 42.0 Å². The topological polar surface area (TPSA) is 127 Å². The molecule has 1 heterocycles. The van der Waals surface area contributed by atoms with Crippen LogP contribution < -0.4 is 14.8 Å². The number of fused-ring (bicyclic) bond motifs is 1. The fraction of sp³-hybridized carbons (Fsp3) is 0.286. The van der Waals surface area contributed by atoms with Crippen LogP contribution in [0.15, 0.2) is 77.3 Å². The van der Waals surface area contributed by atoms with Crippen LogP contribution >= 0.6 is 0 Å². The Balaban J connectivity index is 1.68. The number of hydrogen-bond acceptors (Lipinski definition) is 6. The van der Waals surface area contributed by atoms with E-state index in [-0.39, 0.29) is 28.8 Å². The number of aryl methyl sites for hydroxylation is 1. The fourth-order valence-corrected chi connectivity index (χ4v) is 6.28. The number of carbonyl (C=O) groups excluding carboxylic acids is 3. The maximum Gasteiger partial charge on any atom is 0.265 e. The molecule has 3 amide bonds. The number of nitrogens with one attached hydrogen (secondary N) is 2. The Morgan fingerprint density at radius 3 is 2.41 bits per heavy atom. The second-order valence-electron chi connectivity index (χ2n) is 11.3. The summed E-state index contributed by atoms with van der Waals surface area (Å²) in [6, 6.07) is 17.1. The first-order chi connectivity index (χ1) is 21.8. The van der Waals surface area contributed by atoms with Gasteiger partial charge >= 0.3 is 0 Å². The molecule has 4 aromatic rings. The van der Waals surface area contributed by atoms with Crippen molar-refractivity contribution in [2.45, 2.75) is 45.1 Å². The summed E-state index contributed by atoms with van der Waals surface area (Å²) in [5.74, 6) is -0.561. The van der Waals surface area contributed by atoms with Gasteiger partial charge in [0.15, 0.2) is 0 Å². The van der Waals surface area contributed by atoms with E-state index in [0.717, 1.165) is 34.0 Å². The third-order valence-electron chi connectivity index (χ3n) is 7.61. The van der Waals surface area contributed by atoms with Crippen molar-refractivity contribution in [2.24, 2.45) is 0 Å². The van der Waals surface area contributed by atoms with Gasteiger partial charge in [-0.25, -0.2) is 13.1 Å². The van der Waals surface area contributed by atoms with Gasteiger partial charge in [-0.2, -0.15) is 0 Å². The second kappa shape index (κ2) is 14.5. The van der Waals surface area contributed by atoms with Gasteiger partial charge in [0.1, 0.15) is 12.3 Å². The zero-order valence-corrected chi connectivity index (χ0v) is 27.8. The van der Waals surface area contributed by atoms with Gasteiger partial charge in [0.25, 0.3) is 15.9 Å². The number of sulfonamides is 1. The minimum atomic E-state index is -4.08. The number of carbonyl (C=O) groups is 3. The minimum absolute atomic E-state index is 0.0297. The van der Waals surface area contributed by atoms with Gasteiger partial charge in [0.2, 0.25) is 11.8 Å². The maximum atomic E-state index is 13.0. The predicted octanol–water partition coefficient (Wildman–Crippen LogP) is 4.69. The third kappa shape index (κ3) is 7.84. The van der Waals surface area contributed by atoms with Crippen molar-refractivity contribution in [2.75, 3.05) is 27.7 Å². The first-order valence-electron chi connectivity index (χ1n) is 14.9. The van der Waals surface area contributed by atoms with Gasteiger partial charge in [0.05, 0.1) is 12.0 Å². The Bertz CT molecular complexity index is 1920. The Labute approximate surface area is 270 Å². The van der Waals surface area contributed by atoms with E-state index >= 15 is 0 Å². The van der Waals surface area contributed by atoms with Crippen LogP contribution in [0.2, 0.25) is 0 Å². The van der Waals surface area contributed by atoms with Gasteiger partial charge in [-0.3, -0.25) is 14.4 Å². The quantitative estimate of drug-likeness (QED) is 0.216. The monoisotopic (exact) mass is 644 g/mol. The number of likely N-dealkylation sites (N-methyl/N-ethyl adjacent to an activating group) is 1. The van der Waals surface area contributed by atoms with Crippen LogP contribution in [0.4, 0.5) is 0 Å². The van der Waals surface area contributed by atoms with Crippen molar-refractivity contribution in [3.05, 3.63) is 100 Å². The number of ether oxygens (including phenoxy) is 1. The SMILES string of the molecule is CCCNC(=O)/C(C)=C\c1ccc2c(c1)c(Cc1ccc(C(=O)NS(=O)(=O)c3ccccc3C)cc1OC)cn2CC(=O)N(C)C. The number of methoxy groups -OCH3 is 1. The molecular formula is C35H40N4O6S. The first-order valence-corrected chi connectivity index (χ1v) is 16.4. The molecule has 242 valence electrons. The lowest BCUT2D eigenvalue weighted by Crippen LogP contribution is -2.31. The molecule has 0 spiro atoms. The van der Waals surface area contributed by atoms with Crippen LogP contribution in [0.25, 0.3) is 17.0 Å². The van der Waals surface area contributed by atoms with E-state index in [1.54, 1.807) is 58.3 Å². The second-order valence-corrected chi connectivity index (χ2v) is 13.0. The summed E-state index contributed by atoms with van der Waals surface area (Å²) >= 11 is 0. The van der Waals surface area contributed by atoms with Gasteiger partial charge in [-0.05, 0) is 78.9 Å². The van der Waals surface area contributed by atoms with E-state index < -0.39 is 15.9 Å². The van der Waals surface area contributed by atoms with E-state index in [4.69, 9.17) is 4.74 Å². The molecule has 11 heteroatoms. The molecule has 3 aromatic carbocycles. The predicted molar refractivity (Wildman–Crippen MR) is 179 cm³/mol. The van der Waals surface area contributed by atoms with Crippen molar-refractivity contribution in [3.8, 4) is 5.75 Å². The average molecular weight is 645 g/mol. The number of hydrogen-bond donors (Lipinski definition) is 2. The molecule has 4 rings (SSSR count). The standard InChI is InChI=1S/C35H40N4O6S/c1-7-16-36-34(41)24(3)17-25-12-15-30-29(18-25)28(21-39(30)22-33(40)38(4)5)19-26-13-14-27(20-31(26)45-6)35(42)37-46(43,44)32-11-9-8-10-23(32)2/h8-15,17-18,20-21H,7,16,19,22H2,1-6H3,(H,36,41)(H,37,42)/b24-17-. The number of benzene rings is 3. The number of aromatic nitrogens is 1. The first kappa shape index (κ1) is 34.0.